The van der Waals surface area contributed by atoms with Gasteiger partial charge in [0, 0.05) is 23.2 Å². The van der Waals surface area contributed by atoms with Crippen molar-refractivity contribution in [1.29, 1.82) is 0 Å². The number of hydrogen-bond donors (Lipinski definition) is 3. The summed E-state index contributed by atoms with van der Waals surface area (Å²) in [6.45, 7) is 4.22. The van der Waals surface area contributed by atoms with Gasteiger partial charge in [-0.2, -0.15) is 0 Å². The molecule has 0 aliphatic carbocycles. The first-order valence-corrected chi connectivity index (χ1v) is 8.14. The predicted molar refractivity (Wildman–Crippen MR) is 91.2 cm³/mol. The topological polar surface area (TPSA) is 83.5 Å². The van der Waals surface area contributed by atoms with Gasteiger partial charge in [0.2, 0.25) is 0 Å². The van der Waals surface area contributed by atoms with Crippen molar-refractivity contribution >= 4 is 22.5 Å². The number of nitrogens with one attached hydrogen (secondary N) is 2. The van der Waals surface area contributed by atoms with Crippen LogP contribution in [0, 0.1) is 0 Å². The summed E-state index contributed by atoms with van der Waals surface area (Å²) in [4.78, 5) is 17.1. The molecule has 0 radical (unpaired) electrons. The fraction of sp³-hybridized carbons (Fsp3) is 0.375. The number of para-hydroxylation sites is 1. The van der Waals surface area contributed by atoms with E-state index in [1.54, 1.807) is 25.4 Å². The number of anilines is 1. The Labute approximate surface area is 139 Å². The number of methoxy groups -OCH3 is 1. The first-order chi connectivity index (χ1) is 11.0. The number of ether oxygens (including phenoxy) is 1. The number of aromatic nitrogens is 1. The number of amides is 2. The van der Waals surface area contributed by atoms with Crippen LogP contribution in [0.15, 0.2) is 30.5 Å². The number of aliphatic hydroxyl groups excluding tert-OH is 1. The van der Waals surface area contributed by atoms with Crippen LogP contribution in [-0.4, -0.2) is 29.8 Å². The van der Waals surface area contributed by atoms with Crippen molar-refractivity contribution in [3.8, 4) is 5.75 Å². The van der Waals surface area contributed by atoms with Gasteiger partial charge >= 0.3 is 6.03 Å². The third kappa shape index (κ3) is 4.67. The molecule has 0 saturated carbocycles. The van der Waals surface area contributed by atoms with Gasteiger partial charge in [0.15, 0.2) is 5.13 Å². The molecule has 1 aromatic heterocycles. The average molecular weight is 335 g/mol. The molecule has 23 heavy (non-hydrogen) atoms. The highest BCUT2D eigenvalue weighted by atomic mass is 32.1. The second kappa shape index (κ2) is 7.94. The molecule has 7 heteroatoms. The summed E-state index contributed by atoms with van der Waals surface area (Å²) in [6.07, 6.45) is 0.911. The molecule has 0 fully saturated rings. The van der Waals surface area contributed by atoms with Crippen molar-refractivity contribution in [3.63, 3.8) is 0 Å². The van der Waals surface area contributed by atoms with Crippen molar-refractivity contribution in [3.05, 3.63) is 40.9 Å². The van der Waals surface area contributed by atoms with E-state index in [0.29, 0.717) is 22.4 Å². The number of thiazole rings is 1. The molecule has 124 valence electrons. The zero-order chi connectivity index (χ0) is 16.8. The minimum atomic E-state index is -0.848. The van der Waals surface area contributed by atoms with Gasteiger partial charge in [0.1, 0.15) is 5.75 Å². The van der Waals surface area contributed by atoms with Crippen LogP contribution in [0.25, 0.3) is 0 Å². The second-order valence-corrected chi connectivity index (χ2v) is 6.38. The summed E-state index contributed by atoms with van der Waals surface area (Å²) in [5, 5.41) is 16.0. The molecule has 3 N–H and O–H groups in total. The van der Waals surface area contributed by atoms with Crippen molar-refractivity contribution in [1.82, 2.24) is 10.3 Å². The lowest BCUT2D eigenvalue weighted by Crippen LogP contribution is -2.32. The van der Waals surface area contributed by atoms with E-state index in [2.05, 4.69) is 29.5 Å². The molecule has 0 aliphatic rings. The maximum absolute atomic E-state index is 11.9. The maximum atomic E-state index is 11.9. The van der Waals surface area contributed by atoms with Crippen molar-refractivity contribution in [2.45, 2.75) is 25.9 Å². The smallest absolute Gasteiger partial charge is 0.321 e. The van der Waals surface area contributed by atoms with Crippen LogP contribution in [0.1, 0.15) is 36.3 Å². The Hall–Kier alpha value is -2.12. The molecule has 1 aromatic carbocycles. The molecule has 0 aliphatic heterocycles. The Kier molecular flexibility index (Phi) is 5.95. The number of benzene rings is 1. The van der Waals surface area contributed by atoms with Crippen molar-refractivity contribution < 1.29 is 14.6 Å². The summed E-state index contributed by atoms with van der Waals surface area (Å²) >= 11 is 1.44. The lowest BCUT2D eigenvalue weighted by atomic mass is 10.1. The van der Waals surface area contributed by atoms with Gasteiger partial charge in [-0.15, -0.1) is 11.3 Å². The summed E-state index contributed by atoms with van der Waals surface area (Å²) in [6, 6.07) is 6.76. The monoisotopic (exact) mass is 335 g/mol. The van der Waals surface area contributed by atoms with E-state index in [-0.39, 0.29) is 6.54 Å². The number of nitrogens with zero attached hydrogens (tertiary/aromatic N) is 1. The predicted octanol–water partition coefficient (Wildman–Crippen LogP) is 3.13. The molecule has 1 unspecified atom stereocenters. The van der Waals surface area contributed by atoms with Gasteiger partial charge in [0.25, 0.3) is 0 Å². The standard InChI is InChI=1S/C16H21N3O3S/c1-10(2)14-9-18-16(23-14)19-15(21)17-8-12(20)11-6-4-5-7-13(11)22-3/h4-7,9-10,12,20H,8H2,1-3H3,(H2,17,18,19,21). The van der Waals surface area contributed by atoms with E-state index < -0.39 is 12.1 Å². The van der Waals surface area contributed by atoms with E-state index in [1.165, 1.54) is 11.3 Å². The zero-order valence-corrected chi connectivity index (χ0v) is 14.2. The zero-order valence-electron chi connectivity index (χ0n) is 13.4. The van der Waals surface area contributed by atoms with Gasteiger partial charge in [0.05, 0.1) is 13.2 Å². The summed E-state index contributed by atoms with van der Waals surface area (Å²) in [5.41, 5.74) is 0.631. The number of hydrogen-bond acceptors (Lipinski definition) is 5. The third-order valence-corrected chi connectivity index (χ3v) is 4.48. The Morgan fingerprint density at radius 3 is 2.78 bits per heavy atom. The number of carbonyl (C=O) groups is 1. The minimum absolute atomic E-state index is 0.0780. The van der Waals surface area contributed by atoms with Crippen LogP contribution in [-0.2, 0) is 0 Å². The lowest BCUT2D eigenvalue weighted by Gasteiger charge is -2.15. The Morgan fingerprint density at radius 1 is 1.39 bits per heavy atom. The minimum Gasteiger partial charge on any atom is -0.496 e. The average Bonchev–Trinajstić information content (AvgIpc) is 3.01. The van der Waals surface area contributed by atoms with Crippen LogP contribution in [0.2, 0.25) is 0 Å². The van der Waals surface area contributed by atoms with Crippen LogP contribution in [0.5, 0.6) is 5.75 Å². The molecule has 1 atom stereocenters. The molecule has 2 aromatic rings. The van der Waals surface area contributed by atoms with Crippen LogP contribution in [0.4, 0.5) is 9.93 Å². The lowest BCUT2D eigenvalue weighted by molar-refractivity contribution is 0.171. The molecule has 2 rings (SSSR count). The molecular formula is C16H21N3O3S. The van der Waals surface area contributed by atoms with Crippen molar-refractivity contribution in [2.24, 2.45) is 0 Å². The van der Waals surface area contributed by atoms with Gasteiger partial charge in [-0.25, -0.2) is 9.78 Å². The van der Waals surface area contributed by atoms with Crippen LogP contribution < -0.4 is 15.4 Å². The van der Waals surface area contributed by atoms with Crippen molar-refractivity contribution in [2.75, 3.05) is 19.0 Å². The fourth-order valence-electron chi connectivity index (χ4n) is 1.99. The Bertz CT molecular complexity index is 658. The summed E-state index contributed by atoms with van der Waals surface area (Å²) in [5.74, 6) is 0.960. The number of carbonyl (C=O) groups excluding carboxylic acids is 1. The van der Waals surface area contributed by atoms with Gasteiger partial charge in [-0.05, 0) is 12.0 Å². The molecule has 6 nitrogen and oxygen atoms in total. The van der Waals surface area contributed by atoms with E-state index in [1.807, 2.05) is 12.1 Å². The van der Waals surface area contributed by atoms with Crippen LogP contribution >= 0.6 is 11.3 Å². The van der Waals surface area contributed by atoms with Gasteiger partial charge in [-0.1, -0.05) is 32.0 Å². The van der Waals surface area contributed by atoms with E-state index in [4.69, 9.17) is 4.74 Å². The third-order valence-electron chi connectivity index (χ3n) is 3.27. The summed E-state index contributed by atoms with van der Waals surface area (Å²) in [7, 11) is 1.54. The first kappa shape index (κ1) is 17.2. The molecular weight excluding hydrogens is 314 g/mol. The van der Waals surface area contributed by atoms with Gasteiger partial charge < -0.3 is 15.2 Å². The quantitative estimate of drug-likeness (QED) is 0.757. The van der Waals surface area contributed by atoms with Crippen LogP contribution in [0.3, 0.4) is 0 Å². The molecule has 0 bridgehead atoms. The molecule has 2 amide bonds. The highest BCUT2D eigenvalue weighted by molar-refractivity contribution is 7.15. The SMILES string of the molecule is COc1ccccc1C(O)CNC(=O)Nc1ncc(C(C)C)s1. The van der Waals surface area contributed by atoms with E-state index >= 15 is 0 Å². The number of aliphatic hydroxyl groups is 1. The first-order valence-electron chi connectivity index (χ1n) is 7.32. The second-order valence-electron chi connectivity index (χ2n) is 5.32. The largest absolute Gasteiger partial charge is 0.496 e. The highest BCUT2D eigenvalue weighted by Gasteiger charge is 2.14. The Balaban J connectivity index is 1.88. The summed E-state index contributed by atoms with van der Waals surface area (Å²) < 4.78 is 5.20. The molecule has 0 spiro atoms. The molecule has 0 saturated heterocycles. The molecule has 1 heterocycles. The van der Waals surface area contributed by atoms with Gasteiger partial charge in [-0.3, -0.25) is 5.32 Å². The maximum Gasteiger partial charge on any atom is 0.321 e. The fourth-order valence-corrected chi connectivity index (χ4v) is 2.81. The van der Waals surface area contributed by atoms with E-state index in [9.17, 15) is 9.90 Å². The Morgan fingerprint density at radius 2 is 2.13 bits per heavy atom. The number of urea groups is 1. The number of rotatable bonds is 6. The normalized spacial score (nSPS) is 12.0. The highest BCUT2D eigenvalue weighted by Crippen LogP contribution is 2.25. The van der Waals surface area contributed by atoms with E-state index in [0.717, 1.165) is 4.88 Å².